The van der Waals surface area contributed by atoms with E-state index in [0.717, 1.165) is 55.4 Å². The van der Waals surface area contributed by atoms with E-state index in [9.17, 15) is 4.39 Å². The maximum atomic E-state index is 13.4. The van der Waals surface area contributed by atoms with Crippen LogP contribution in [0.4, 0.5) is 10.2 Å². The van der Waals surface area contributed by atoms with Gasteiger partial charge in [-0.1, -0.05) is 30.3 Å². The third kappa shape index (κ3) is 4.14. The lowest BCUT2D eigenvalue weighted by Crippen LogP contribution is -2.46. The monoisotopic (exact) mass is 427 g/mol. The average Bonchev–Trinajstić information content (AvgIpc) is 3.20. The van der Waals surface area contributed by atoms with Crippen LogP contribution in [0.5, 0.6) is 0 Å². The van der Waals surface area contributed by atoms with E-state index in [0.29, 0.717) is 0 Å². The van der Waals surface area contributed by atoms with Crippen LogP contribution in [0, 0.1) is 12.7 Å². The Labute approximate surface area is 187 Å². The summed E-state index contributed by atoms with van der Waals surface area (Å²) >= 11 is 0. The van der Waals surface area contributed by atoms with Crippen LogP contribution in [0.1, 0.15) is 11.3 Å². The molecule has 0 atom stereocenters. The number of para-hydroxylation sites is 1. The van der Waals surface area contributed by atoms with Crippen molar-refractivity contribution in [2.45, 2.75) is 13.5 Å². The molecule has 6 heteroatoms. The number of rotatable bonds is 5. The van der Waals surface area contributed by atoms with E-state index >= 15 is 0 Å². The van der Waals surface area contributed by atoms with Crippen LogP contribution in [-0.4, -0.2) is 45.8 Å². The van der Waals surface area contributed by atoms with Gasteiger partial charge in [-0.3, -0.25) is 4.90 Å². The third-order valence-electron chi connectivity index (χ3n) is 6.12. The second-order valence-corrected chi connectivity index (χ2v) is 8.15. The first kappa shape index (κ1) is 20.4. The summed E-state index contributed by atoms with van der Waals surface area (Å²) in [4.78, 5) is 9.46. The van der Waals surface area contributed by atoms with Gasteiger partial charge in [0.15, 0.2) is 0 Å². The molecule has 1 aliphatic heterocycles. The van der Waals surface area contributed by atoms with E-state index in [4.69, 9.17) is 0 Å². The van der Waals surface area contributed by atoms with E-state index in [1.807, 2.05) is 53.5 Å². The van der Waals surface area contributed by atoms with Gasteiger partial charge in [0.1, 0.15) is 11.6 Å². The number of hydrogen-bond donors (Lipinski definition) is 0. The first-order valence-corrected chi connectivity index (χ1v) is 11.0. The SMILES string of the molecule is Cc1c(CN2CCN(c3ncccc3-c3ccc(F)cc3)CC2)cnn1-c1ccccc1. The number of piperazine rings is 1. The Morgan fingerprint density at radius 2 is 1.62 bits per heavy atom. The highest BCUT2D eigenvalue weighted by molar-refractivity contribution is 5.75. The zero-order valence-electron chi connectivity index (χ0n) is 18.2. The number of nitrogens with zero attached hydrogens (tertiary/aromatic N) is 5. The number of benzene rings is 2. The van der Waals surface area contributed by atoms with Gasteiger partial charge in [-0.05, 0) is 48.9 Å². The van der Waals surface area contributed by atoms with E-state index in [1.54, 1.807) is 0 Å². The molecule has 0 bridgehead atoms. The fourth-order valence-corrected chi connectivity index (χ4v) is 4.29. The summed E-state index contributed by atoms with van der Waals surface area (Å²) in [6.07, 6.45) is 3.82. The van der Waals surface area contributed by atoms with Crippen molar-refractivity contribution in [2.75, 3.05) is 31.1 Å². The molecule has 1 fully saturated rings. The van der Waals surface area contributed by atoms with Crippen LogP contribution in [-0.2, 0) is 6.54 Å². The topological polar surface area (TPSA) is 37.2 Å². The Morgan fingerprint density at radius 3 is 2.38 bits per heavy atom. The number of hydrogen-bond acceptors (Lipinski definition) is 4. The molecule has 0 unspecified atom stereocenters. The zero-order valence-corrected chi connectivity index (χ0v) is 18.2. The summed E-state index contributed by atoms with van der Waals surface area (Å²) in [6, 6.07) is 20.9. The molecule has 0 aliphatic carbocycles. The Morgan fingerprint density at radius 1 is 0.875 bits per heavy atom. The summed E-state index contributed by atoms with van der Waals surface area (Å²) in [5.41, 5.74) is 5.56. The molecule has 1 aliphatic rings. The highest BCUT2D eigenvalue weighted by atomic mass is 19.1. The number of aromatic nitrogens is 3. The number of pyridine rings is 1. The first-order valence-electron chi connectivity index (χ1n) is 11.0. The van der Waals surface area contributed by atoms with E-state index in [2.05, 4.69) is 45.0 Å². The van der Waals surface area contributed by atoms with Gasteiger partial charge in [0.25, 0.3) is 0 Å². The van der Waals surface area contributed by atoms with Gasteiger partial charge in [-0.25, -0.2) is 14.1 Å². The van der Waals surface area contributed by atoms with Crippen molar-refractivity contribution in [3.05, 3.63) is 96.2 Å². The fourth-order valence-electron chi connectivity index (χ4n) is 4.29. The highest BCUT2D eigenvalue weighted by Gasteiger charge is 2.22. The van der Waals surface area contributed by atoms with E-state index in [-0.39, 0.29) is 5.82 Å². The van der Waals surface area contributed by atoms with Gasteiger partial charge in [0, 0.05) is 55.7 Å². The molecule has 2 aromatic heterocycles. The molecular formula is C26H26FN5. The standard InChI is InChI=1S/C26H26FN5/c1-20-22(18-29-32(20)24-6-3-2-4-7-24)19-30-14-16-31(17-15-30)26-25(8-5-13-28-26)21-9-11-23(27)12-10-21/h2-13,18H,14-17,19H2,1H3. The van der Waals surface area contributed by atoms with Gasteiger partial charge in [0.2, 0.25) is 0 Å². The maximum Gasteiger partial charge on any atom is 0.136 e. The van der Waals surface area contributed by atoms with E-state index < -0.39 is 0 Å². The van der Waals surface area contributed by atoms with Crippen molar-refractivity contribution < 1.29 is 4.39 Å². The third-order valence-corrected chi connectivity index (χ3v) is 6.12. The number of halogens is 1. The predicted octanol–water partition coefficient (Wildman–Crippen LogP) is 4.70. The van der Waals surface area contributed by atoms with Gasteiger partial charge in [-0.2, -0.15) is 5.10 Å². The van der Waals surface area contributed by atoms with Crippen molar-refractivity contribution >= 4 is 5.82 Å². The van der Waals surface area contributed by atoms with Crippen molar-refractivity contribution in [2.24, 2.45) is 0 Å². The molecule has 0 N–H and O–H groups in total. The van der Waals surface area contributed by atoms with Crippen LogP contribution in [0.15, 0.2) is 79.1 Å². The van der Waals surface area contributed by atoms with Crippen molar-refractivity contribution in [1.82, 2.24) is 19.7 Å². The molecule has 0 radical (unpaired) electrons. The molecule has 0 saturated carbocycles. The lowest BCUT2D eigenvalue weighted by atomic mass is 10.1. The van der Waals surface area contributed by atoms with Crippen LogP contribution in [0.2, 0.25) is 0 Å². The molecule has 0 spiro atoms. The van der Waals surface area contributed by atoms with E-state index in [1.165, 1.54) is 23.4 Å². The summed E-state index contributed by atoms with van der Waals surface area (Å²) in [5, 5.41) is 4.61. The molecule has 32 heavy (non-hydrogen) atoms. The fraction of sp³-hybridized carbons (Fsp3) is 0.231. The van der Waals surface area contributed by atoms with Gasteiger partial charge in [0.05, 0.1) is 11.9 Å². The zero-order chi connectivity index (χ0) is 21.9. The lowest BCUT2D eigenvalue weighted by Gasteiger charge is -2.36. The molecule has 0 amide bonds. The Hall–Kier alpha value is -3.51. The quantitative estimate of drug-likeness (QED) is 0.463. The second kappa shape index (κ2) is 8.93. The minimum atomic E-state index is -0.223. The summed E-state index contributed by atoms with van der Waals surface area (Å²) in [6.45, 7) is 6.73. The van der Waals surface area contributed by atoms with Crippen LogP contribution < -0.4 is 4.90 Å². The highest BCUT2D eigenvalue weighted by Crippen LogP contribution is 2.29. The molecule has 5 nitrogen and oxygen atoms in total. The Bertz CT molecular complexity index is 1180. The maximum absolute atomic E-state index is 13.4. The molecule has 162 valence electrons. The molecule has 3 heterocycles. The number of anilines is 1. The minimum Gasteiger partial charge on any atom is -0.354 e. The molecule has 5 rings (SSSR count). The lowest BCUT2D eigenvalue weighted by molar-refractivity contribution is 0.249. The normalized spacial score (nSPS) is 14.6. The van der Waals surface area contributed by atoms with Gasteiger partial charge < -0.3 is 4.90 Å². The molecule has 1 saturated heterocycles. The van der Waals surface area contributed by atoms with Gasteiger partial charge in [-0.15, -0.1) is 0 Å². The largest absolute Gasteiger partial charge is 0.354 e. The van der Waals surface area contributed by atoms with Crippen LogP contribution in [0.25, 0.3) is 16.8 Å². The summed E-state index contributed by atoms with van der Waals surface area (Å²) in [5.74, 6) is 0.741. The van der Waals surface area contributed by atoms with Crippen molar-refractivity contribution in [1.29, 1.82) is 0 Å². The van der Waals surface area contributed by atoms with Crippen LogP contribution >= 0.6 is 0 Å². The Balaban J connectivity index is 1.27. The van der Waals surface area contributed by atoms with Crippen molar-refractivity contribution in [3.63, 3.8) is 0 Å². The second-order valence-electron chi connectivity index (χ2n) is 8.15. The Kier molecular flexibility index (Phi) is 5.69. The first-order chi connectivity index (χ1) is 15.7. The summed E-state index contributed by atoms with van der Waals surface area (Å²) < 4.78 is 15.4. The average molecular weight is 428 g/mol. The predicted molar refractivity (Wildman–Crippen MR) is 125 cm³/mol. The molecule has 4 aromatic rings. The smallest absolute Gasteiger partial charge is 0.136 e. The van der Waals surface area contributed by atoms with Gasteiger partial charge >= 0.3 is 0 Å². The molecular weight excluding hydrogens is 401 g/mol. The van der Waals surface area contributed by atoms with Crippen molar-refractivity contribution in [3.8, 4) is 16.8 Å². The summed E-state index contributed by atoms with van der Waals surface area (Å²) in [7, 11) is 0. The molecule has 2 aromatic carbocycles. The minimum absolute atomic E-state index is 0.223. The van der Waals surface area contributed by atoms with Crippen LogP contribution in [0.3, 0.4) is 0 Å².